The van der Waals surface area contributed by atoms with Gasteiger partial charge >= 0.3 is 0 Å². The van der Waals surface area contributed by atoms with E-state index in [1.165, 1.54) is 0 Å². The van der Waals surface area contributed by atoms with E-state index in [1.54, 1.807) is 18.3 Å². The third kappa shape index (κ3) is 3.21. The highest BCUT2D eigenvalue weighted by atomic mass is 16.2. The van der Waals surface area contributed by atoms with Crippen molar-refractivity contribution in [3.8, 4) is 0 Å². The fourth-order valence-corrected chi connectivity index (χ4v) is 2.08. The van der Waals surface area contributed by atoms with E-state index >= 15 is 0 Å². The summed E-state index contributed by atoms with van der Waals surface area (Å²) in [6.45, 7) is 9.87. The van der Waals surface area contributed by atoms with Crippen molar-refractivity contribution in [2.75, 3.05) is 11.1 Å². The van der Waals surface area contributed by atoms with Crippen LogP contribution in [0, 0.1) is 13.8 Å². The first kappa shape index (κ1) is 15.0. The Morgan fingerprint density at radius 3 is 2.48 bits per heavy atom. The molecule has 1 amide bonds. The van der Waals surface area contributed by atoms with Crippen LogP contribution < -0.4 is 11.1 Å². The van der Waals surface area contributed by atoms with Crippen molar-refractivity contribution in [2.45, 2.75) is 40.2 Å². The molecule has 0 radical (unpaired) electrons. The molecular formula is C15H21N5O. The number of amides is 1. The SMILES string of the molecule is Cc1ncc(NC(=O)c2cc(C)n(C(C)(C)C)n2)cc1N. The molecule has 0 spiro atoms. The van der Waals surface area contributed by atoms with Crippen molar-refractivity contribution in [2.24, 2.45) is 0 Å². The van der Waals surface area contributed by atoms with Gasteiger partial charge in [-0.2, -0.15) is 5.10 Å². The van der Waals surface area contributed by atoms with Gasteiger partial charge in [-0.05, 0) is 46.8 Å². The quantitative estimate of drug-likeness (QED) is 0.888. The summed E-state index contributed by atoms with van der Waals surface area (Å²) < 4.78 is 1.84. The molecule has 2 heterocycles. The van der Waals surface area contributed by atoms with Crippen LogP contribution in [0.1, 0.15) is 42.6 Å². The minimum absolute atomic E-state index is 0.168. The predicted octanol–water partition coefficient (Wildman–Crippen LogP) is 2.48. The van der Waals surface area contributed by atoms with Crippen molar-refractivity contribution in [1.82, 2.24) is 14.8 Å². The van der Waals surface area contributed by atoms with Crippen molar-refractivity contribution in [1.29, 1.82) is 0 Å². The van der Waals surface area contributed by atoms with Gasteiger partial charge in [-0.3, -0.25) is 14.5 Å². The molecule has 0 aliphatic heterocycles. The van der Waals surface area contributed by atoms with Gasteiger partial charge in [-0.25, -0.2) is 0 Å². The molecule has 0 unspecified atom stereocenters. The first-order valence-corrected chi connectivity index (χ1v) is 6.79. The highest BCUT2D eigenvalue weighted by molar-refractivity contribution is 6.03. The van der Waals surface area contributed by atoms with E-state index in [0.717, 1.165) is 11.4 Å². The van der Waals surface area contributed by atoms with Crippen LogP contribution in [0.4, 0.5) is 11.4 Å². The van der Waals surface area contributed by atoms with E-state index in [2.05, 4.69) is 15.4 Å². The van der Waals surface area contributed by atoms with Crippen LogP contribution >= 0.6 is 0 Å². The summed E-state index contributed by atoms with van der Waals surface area (Å²) in [6, 6.07) is 3.46. The van der Waals surface area contributed by atoms with Gasteiger partial charge in [0.15, 0.2) is 5.69 Å². The average molecular weight is 287 g/mol. The second-order valence-corrected chi connectivity index (χ2v) is 6.11. The van der Waals surface area contributed by atoms with Crippen molar-refractivity contribution in [3.63, 3.8) is 0 Å². The first-order valence-electron chi connectivity index (χ1n) is 6.79. The van der Waals surface area contributed by atoms with Gasteiger partial charge in [-0.1, -0.05) is 0 Å². The number of nitrogens with zero attached hydrogens (tertiary/aromatic N) is 3. The summed E-state index contributed by atoms with van der Waals surface area (Å²) in [6.07, 6.45) is 1.58. The number of aryl methyl sites for hydroxylation is 2. The molecule has 2 rings (SSSR count). The fraction of sp³-hybridized carbons (Fsp3) is 0.400. The Kier molecular flexibility index (Phi) is 3.72. The maximum Gasteiger partial charge on any atom is 0.276 e. The molecule has 0 aliphatic carbocycles. The van der Waals surface area contributed by atoms with E-state index in [9.17, 15) is 4.79 Å². The second-order valence-electron chi connectivity index (χ2n) is 6.11. The number of pyridine rings is 1. The molecule has 0 saturated carbocycles. The summed E-state index contributed by atoms with van der Waals surface area (Å²) in [7, 11) is 0. The maximum absolute atomic E-state index is 12.2. The molecule has 0 bridgehead atoms. The van der Waals surface area contributed by atoms with E-state index in [4.69, 9.17) is 5.73 Å². The highest BCUT2D eigenvalue weighted by Crippen LogP contribution is 2.18. The molecule has 0 aromatic carbocycles. The van der Waals surface area contributed by atoms with Crippen molar-refractivity contribution in [3.05, 3.63) is 35.4 Å². The largest absolute Gasteiger partial charge is 0.397 e. The van der Waals surface area contributed by atoms with E-state index < -0.39 is 0 Å². The van der Waals surface area contributed by atoms with Gasteiger partial charge in [0, 0.05) is 5.69 Å². The predicted molar refractivity (Wildman–Crippen MR) is 83.3 cm³/mol. The number of aromatic nitrogens is 3. The molecule has 21 heavy (non-hydrogen) atoms. The van der Waals surface area contributed by atoms with Gasteiger partial charge in [0.05, 0.1) is 28.8 Å². The number of carbonyl (C=O) groups excluding carboxylic acids is 1. The number of nitrogens with one attached hydrogen (secondary N) is 1. The van der Waals surface area contributed by atoms with Crippen LogP contribution in [0.5, 0.6) is 0 Å². The zero-order chi connectivity index (χ0) is 15.8. The Bertz CT molecular complexity index is 682. The van der Waals surface area contributed by atoms with Crippen LogP contribution in [0.15, 0.2) is 18.3 Å². The van der Waals surface area contributed by atoms with E-state index in [1.807, 2.05) is 39.3 Å². The fourth-order valence-electron chi connectivity index (χ4n) is 2.08. The van der Waals surface area contributed by atoms with Gasteiger partial charge in [0.2, 0.25) is 0 Å². The van der Waals surface area contributed by atoms with Crippen LogP contribution in [0.25, 0.3) is 0 Å². The topological polar surface area (TPSA) is 85.8 Å². The molecule has 6 nitrogen and oxygen atoms in total. The molecular weight excluding hydrogens is 266 g/mol. The zero-order valence-corrected chi connectivity index (χ0v) is 13.1. The number of anilines is 2. The molecule has 0 fully saturated rings. The van der Waals surface area contributed by atoms with E-state index in [0.29, 0.717) is 17.1 Å². The Hall–Kier alpha value is -2.37. The number of hydrogen-bond acceptors (Lipinski definition) is 4. The van der Waals surface area contributed by atoms with Gasteiger partial charge in [0.25, 0.3) is 5.91 Å². The van der Waals surface area contributed by atoms with Crippen molar-refractivity contribution >= 4 is 17.3 Å². The summed E-state index contributed by atoms with van der Waals surface area (Å²) in [5.41, 5.74) is 8.78. The molecule has 0 aliphatic rings. The van der Waals surface area contributed by atoms with Crippen molar-refractivity contribution < 1.29 is 4.79 Å². The monoisotopic (exact) mass is 287 g/mol. The normalized spacial score (nSPS) is 11.5. The maximum atomic E-state index is 12.2. The molecule has 0 saturated heterocycles. The first-order chi connectivity index (χ1) is 9.68. The molecule has 2 aromatic heterocycles. The Morgan fingerprint density at radius 1 is 1.29 bits per heavy atom. The minimum atomic E-state index is -0.272. The van der Waals surface area contributed by atoms with Crippen LogP contribution in [0.3, 0.4) is 0 Å². The lowest BCUT2D eigenvalue weighted by atomic mass is 10.1. The lowest BCUT2D eigenvalue weighted by molar-refractivity contribution is 0.102. The summed E-state index contributed by atoms with van der Waals surface area (Å²) in [5, 5.41) is 7.13. The molecule has 6 heteroatoms. The lowest BCUT2D eigenvalue weighted by Crippen LogP contribution is -2.25. The zero-order valence-electron chi connectivity index (χ0n) is 13.1. The molecule has 2 aromatic rings. The third-order valence-electron chi connectivity index (χ3n) is 3.14. The summed E-state index contributed by atoms with van der Waals surface area (Å²) in [4.78, 5) is 16.4. The summed E-state index contributed by atoms with van der Waals surface area (Å²) >= 11 is 0. The molecule has 112 valence electrons. The standard InChI is InChI=1S/C15H21N5O/c1-9-6-13(19-20(9)15(3,4)5)14(21)18-11-7-12(16)10(2)17-8-11/h6-8H,16H2,1-5H3,(H,18,21). The third-order valence-corrected chi connectivity index (χ3v) is 3.14. The average Bonchev–Trinajstić information content (AvgIpc) is 2.76. The molecule has 3 N–H and O–H groups in total. The Labute approximate surface area is 124 Å². The number of nitrogens with two attached hydrogens (primary N) is 1. The number of nitrogen functional groups attached to an aromatic ring is 1. The molecule has 0 atom stereocenters. The van der Waals surface area contributed by atoms with Gasteiger partial charge in [0.1, 0.15) is 0 Å². The Morgan fingerprint density at radius 2 is 1.95 bits per heavy atom. The van der Waals surface area contributed by atoms with Gasteiger partial charge < -0.3 is 11.1 Å². The van der Waals surface area contributed by atoms with Gasteiger partial charge in [-0.15, -0.1) is 0 Å². The van der Waals surface area contributed by atoms with Crippen LogP contribution in [-0.4, -0.2) is 20.7 Å². The van der Waals surface area contributed by atoms with E-state index in [-0.39, 0.29) is 11.4 Å². The minimum Gasteiger partial charge on any atom is -0.397 e. The number of carbonyl (C=O) groups is 1. The highest BCUT2D eigenvalue weighted by Gasteiger charge is 2.20. The smallest absolute Gasteiger partial charge is 0.276 e. The lowest BCUT2D eigenvalue weighted by Gasteiger charge is -2.21. The van der Waals surface area contributed by atoms with Crippen LogP contribution in [-0.2, 0) is 5.54 Å². The second kappa shape index (κ2) is 5.20. The Balaban J connectivity index is 2.23. The number of hydrogen-bond donors (Lipinski definition) is 2. The van der Waals surface area contributed by atoms with Crippen LogP contribution in [0.2, 0.25) is 0 Å². The summed E-state index contributed by atoms with van der Waals surface area (Å²) in [5.74, 6) is -0.272. The number of rotatable bonds is 2.